The minimum absolute atomic E-state index is 0.0416. The summed E-state index contributed by atoms with van der Waals surface area (Å²) >= 11 is 0. The van der Waals surface area contributed by atoms with Gasteiger partial charge >= 0.3 is 0 Å². The molecule has 1 amide bonds. The molecule has 1 aliphatic heterocycles. The van der Waals surface area contributed by atoms with E-state index in [1.54, 1.807) is 0 Å². The molecule has 1 N–H and O–H groups in total. The van der Waals surface area contributed by atoms with Crippen molar-refractivity contribution >= 4 is 5.91 Å². The molecule has 0 saturated carbocycles. The average Bonchev–Trinajstić information content (AvgIpc) is 3.08. The fourth-order valence-electron chi connectivity index (χ4n) is 4.01. The Bertz CT molecular complexity index is 749. The Hall–Kier alpha value is -2.10. The summed E-state index contributed by atoms with van der Waals surface area (Å²) in [7, 11) is 0. The second-order valence-electron chi connectivity index (χ2n) is 7.19. The molecule has 24 heavy (non-hydrogen) atoms. The average molecular weight is 323 g/mol. The summed E-state index contributed by atoms with van der Waals surface area (Å²) in [6, 6.07) is 6.80. The first-order chi connectivity index (χ1) is 11.7. The number of carbonyl (C=O) groups is 1. The minimum atomic E-state index is 0.0416. The Kier molecular flexibility index (Phi) is 4.13. The van der Waals surface area contributed by atoms with E-state index in [2.05, 4.69) is 40.0 Å². The third kappa shape index (κ3) is 2.97. The number of nitrogens with one attached hydrogen (secondary N) is 1. The van der Waals surface area contributed by atoms with Gasteiger partial charge in [-0.3, -0.25) is 4.79 Å². The molecule has 0 radical (unpaired) electrons. The summed E-state index contributed by atoms with van der Waals surface area (Å²) in [6.45, 7) is 2.98. The number of hydrogen-bond donors (Lipinski definition) is 1. The highest BCUT2D eigenvalue weighted by Gasteiger charge is 2.26. The minimum Gasteiger partial charge on any atom is -0.349 e. The van der Waals surface area contributed by atoms with Gasteiger partial charge in [-0.25, -0.2) is 4.98 Å². The molecule has 4 heteroatoms. The van der Waals surface area contributed by atoms with Crippen molar-refractivity contribution in [1.82, 2.24) is 14.9 Å². The SMILES string of the molecule is C[C@@H](NC(=O)[C@H]1CCn2ccnc2C1)c1ccc2c(c1)CCCC2. The molecule has 0 fully saturated rings. The number of amides is 1. The highest BCUT2D eigenvalue weighted by molar-refractivity contribution is 5.79. The van der Waals surface area contributed by atoms with Crippen molar-refractivity contribution in [2.45, 2.75) is 58.0 Å². The maximum atomic E-state index is 12.7. The zero-order chi connectivity index (χ0) is 16.5. The number of hydrogen-bond acceptors (Lipinski definition) is 2. The Balaban J connectivity index is 1.42. The summed E-state index contributed by atoms with van der Waals surface area (Å²) < 4.78 is 2.15. The van der Waals surface area contributed by atoms with Crippen LogP contribution in [0.2, 0.25) is 0 Å². The molecule has 4 nitrogen and oxygen atoms in total. The molecule has 1 aromatic carbocycles. The van der Waals surface area contributed by atoms with E-state index in [-0.39, 0.29) is 17.9 Å². The predicted molar refractivity (Wildman–Crippen MR) is 93.7 cm³/mol. The molecule has 0 bridgehead atoms. The number of imidazole rings is 1. The van der Waals surface area contributed by atoms with Gasteiger partial charge in [-0.05, 0) is 55.7 Å². The van der Waals surface area contributed by atoms with Crippen LogP contribution in [-0.2, 0) is 30.6 Å². The fourth-order valence-corrected chi connectivity index (χ4v) is 4.01. The second-order valence-corrected chi connectivity index (χ2v) is 7.19. The molecule has 2 atom stereocenters. The zero-order valence-corrected chi connectivity index (χ0v) is 14.3. The largest absolute Gasteiger partial charge is 0.349 e. The normalized spacial score (nSPS) is 20.8. The molecule has 2 aromatic rings. The van der Waals surface area contributed by atoms with E-state index in [4.69, 9.17) is 0 Å². The van der Waals surface area contributed by atoms with Crippen LogP contribution in [0.5, 0.6) is 0 Å². The number of nitrogens with zero attached hydrogens (tertiary/aromatic N) is 2. The maximum absolute atomic E-state index is 12.7. The summed E-state index contributed by atoms with van der Waals surface area (Å²) in [5.41, 5.74) is 4.18. The molecular formula is C20H25N3O. The third-order valence-electron chi connectivity index (χ3n) is 5.55. The summed E-state index contributed by atoms with van der Waals surface area (Å²) in [4.78, 5) is 17.0. The molecular weight excluding hydrogens is 298 g/mol. The van der Waals surface area contributed by atoms with Crippen molar-refractivity contribution in [1.29, 1.82) is 0 Å². The van der Waals surface area contributed by atoms with Gasteiger partial charge in [0.15, 0.2) is 0 Å². The highest BCUT2D eigenvalue weighted by Crippen LogP contribution is 2.26. The van der Waals surface area contributed by atoms with Crippen LogP contribution in [0.25, 0.3) is 0 Å². The fraction of sp³-hybridized carbons (Fsp3) is 0.500. The van der Waals surface area contributed by atoms with Gasteiger partial charge in [0.25, 0.3) is 0 Å². The molecule has 4 rings (SSSR count). The number of aromatic nitrogens is 2. The second kappa shape index (κ2) is 6.42. The molecule has 1 aromatic heterocycles. The van der Waals surface area contributed by atoms with Crippen molar-refractivity contribution in [2.24, 2.45) is 5.92 Å². The number of aryl methyl sites for hydroxylation is 3. The van der Waals surface area contributed by atoms with Crippen LogP contribution in [0.4, 0.5) is 0 Å². The topological polar surface area (TPSA) is 46.9 Å². The summed E-state index contributed by atoms with van der Waals surface area (Å²) in [5, 5.41) is 3.22. The Labute approximate surface area is 143 Å². The highest BCUT2D eigenvalue weighted by atomic mass is 16.1. The molecule has 2 heterocycles. The van der Waals surface area contributed by atoms with Crippen LogP contribution in [0.3, 0.4) is 0 Å². The van der Waals surface area contributed by atoms with Crippen molar-refractivity contribution in [2.75, 3.05) is 0 Å². The summed E-state index contributed by atoms with van der Waals surface area (Å²) in [6.07, 6.45) is 10.4. The molecule has 0 spiro atoms. The van der Waals surface area contributed by atoms with Gasteiger partial charge in [0.2, 0.25) is 5.91 Å². The third-order valence-corrected chi connectivity index (χ3v) is 5.55. The number of fused-ring (bicyclic) bond motifs is 2. The first-order valence-electron chi connectivity index (χ1n) is 9.13. The monoisotopic (exact) mass is 323 g/mol. The number of rotatable bonds is 3. The van der Waals surface area contributed by atoms with Gasteiger partial charge in [0.1, 0.15) is 5.82 Å². The standard InChI is InChI=1S/C20H25N3O/c1-14(16-7-6-15-4-2-3-5-17(15)12-16)22-20(24)18-8-10-23-11-9-21-19(23)13-18/h6-7,9,11-12,14,18H,2-5,8,10,13H2,1H3,(H,22,24)/t14-,18+/m1/s1. The van der Waals surface area contributed by atoms with Crippen LogP contribution in [0.15, 0.2) is 30.6 Å². The van der Waals surface area contributed by atoms with E-state index in [1.165, 1.54) is 42.4 Å². The molecule has 2 aliphatic rings. The molecule has 126 valence electrons. The van der Waals surface area contributed by atoms with Crippen molar-refractivity contribution in [3.8, 4) is 0 Å². The van der Waals surface area contributed by atoms with Gasteiger partial charge < -0.3 is 9.88 Å². The van der Waals surface area contributed by atoms with Gasteiger partial charge in [0.05, 0.1) is 6.04 Å². The van der Waals surface area contributed by atoms with E-state index < -0.39 is 0 Å². The molecule has 1 aliphatic carbocycles. The van der Waals surface area contributed by atoms with E-state index in [0.29, 0.717) is 0 Å². The smallest absolute Gasteiger partial charge is 0.224 e. The van der Waals surface area contributed by atoms with Gasteiger partial charge in [-0.1, -0.05) is 18.2 Å². The van der Waals surface area contributed by atoms with Crippen LogP contribution in [-0.4, -0.2) is 15.5 Å². The van der Waals surface area contributed by atoms with E-state index in [1.807, 2.05) is 12.4 Å². The predicted octanol–water partition coefficient (Wildman–Crippen LogP) is 3.20. The first kappa shape index (κ1) is 15.4. The first-order valence-corrected chi connectivity index (χ1v) is 9.13. The van der Waals surface area contributed by atoms with E-state index in [0.717, 1.165) is 25.2 Å². The number of benzene rings is 1. The lowest BCUT2D eigenvalue weighted by Crippen LogP contribution is -2.36. The maximum Gasteiger partial charge on any atom is 0.224 e. The van der Waals surface area contributed by atoms with Crippen molar-refractivity contribution in [3.63, 3.8) is 0 Å². The van der Waals surface area contributed by atoms with Crippen LogP contribution in [0.1, 0.15) is 54.7 Å². The number of carbonyl (C=O) groups excluding carboxylic acids is 1. The molecule has 0 unspecified atom stereocenters. The molecule has 0 saturated heterocycles. The Morgan fingerprint density at radius 3 is 3.00 bits per heavy atom. The Morgan fingerprint density at radius 1 is 1.29 bits per heavy atom. The van der Waals surface area contributed by atoms with Gasteiger partial charge in [0, 0.05) is 31.3 Å². The summed E-state index contributed by atoms with van der Waals surface area (Å²) in [5.74, 6) is 1.23. The lowest BCUT2D eigenvalue weighted by atomic mass is 9.89. The van der Waals surface area contributed by atoms with E-state index >= 15 is 0 Å². The Morgan fingerprint density at radius 2 is 2.12 bits per heavy atom. The van der Waals surface area contributed by atoms with Crippen LogP contribution >= 0.6 is 0 Å². The van der Waals surface area contributed by atoms with Crippen LogP contribution < -0.4 is 5.32 Å². The van der Waals surface area contributed by atoms with Crippen LogP contribution in [0, 0.1) is 5.92 Å². The van der Waals surface area contributed by atoms with Crippen molar-refractivity contribution < 1.29 is 4.79 Å². The lowest BCUT2D eigenvalue weighted by molar-refractivity contribution is -0.126. The lowest BCUT2D eigenvalue weighted by Gasteiger charge is -2.25. The van der Waals surface area contributed by atoms with Gasteiger partial charge in [-0.15, -0.1) is 0 Å². The zero-order valence-electron chi connectivity index (χ0n) is 14.3. The van der Waals surface area contributed by atoms with E-state index in [9.17, 15) is 4.79 Å². The quantitative estimate of drug-likeness (QED) is 0.943. The van der Waals surface area contributed by atoms with Gasteiger partial charge in [-0.2, -0.15) is 0 Å². The van der Waals surface area contributed by atoms with Crippen molar-refractivity contribution in [3.05, 3.63) is 53.1 Å².